The van der Waals surface area contributed by atoms with E-state index in [2.05, 4.69) is 5.14 Å². The molecule has 0 aromatic heterocycles. The molecule has 0 saturated heterocycles. The molecule has 0 saturated carbocycles. The predicted molar refractivity (Wildman–Crippen MR) is 43.9 cm³/mol. The van der Waals surface area contributed by atoms with Gasteiger partial charge in [0.05, 0.1) is 10.5 Å². The summed E-state index contributed by atoms with van der Waals surface area (Å²) in [6.45, 7) is 0. The van der Waals surface area contributed by atoms with Crippen molar-refractivity contribution in [2.45, 2.75) is 11.1 Å². The van der Waals surface area contributed by atoms with Crippen molar-refractivity contribution in [1.82, 2.24) is 0 Å². The Bertz CT molecular complexity index is 449. The molecule has 0 amide bonds. The van der Waals surface area contributed by atoms with Crippen LogP contribution in [0.3, 0.4) is 0 Å². The topological polar surface area (TPSA) is 60.2 Å². The number of sulfonamides is 1. The molecule has 0 fully saturated rings. The standard InChI is InChI=1S/C7H6F3NO2S.K.H/c8-7(9,10)5-2-1-3-6(4-5)14(11,12)13;;/h1-4H,(H2,11,12,13);;/q;+1;-1. The van der Waals surface area contributed by atoms with Crippen molar-refractivity contribution < 1.29 is 74.4 Å². The summed E-state index contributed by atoms with van der Waals surface area (Å²) in [6, 6.07) is 3.26. The minimum Gasteiger partial charge on any atom is -1.00 e. The average Bonchev–Trinajstić information content (AvgIpc) is 2.01. The number of hydrogen-bond acceptors (Lipinski definition) is 2. The molecule has 0 bridgehead atoms. The van der Waals surface area contributed by atoms with E-state index < -0.39 is 26.7 Å². The monoisotopic (exact) mass is 265 g/mol. The maximum Gasteiger partial charge on any atom is 1.00 e. The van der Waals surface area contributed by atoms with Crippen LogP contribution < -0.4 is 56.5 Å². The van der Waals surface area contributed by atoms with Crippen LogP contribution in [-0.4, -0.2) is 8.42 Å². The Kier molecular flexibility index (Phi) is 5.45. The number of benzene rings is 1. The molecule has 0 radical (unpaired) electrons. The first kappa shape index (κ1) is 15.6. The molecule has 15 heavy (non-hydrogen) atoms. The quantitative estimate of drug-likeness (QED) is 0.626. The van der Waals surface area contributed by atoms with Crippen LogP contribution in [0.1, 0.15) is 6.99 Å². The van der Waals surface area contributed by atoms with Gasteiger partial charge in [0.2, 0.25) is 10.0 Å². The zero-order valence-corrected chi connectivity index (χ0v) is 11.7. The second-order valence-corrected chi connectivity index (χ2v) is 4.13. The second-order valence-electron chi connectivity index (χ2n) is 2.57. The minimum atomic E-state index is -4.57. The zero-order chi connectivity index (χ0) is 11.0. The van der Waals surface area contributed by atoms with Crippen molar-refractivity contribution in [3.63, 3.8) is 0 Å². The van der Waals surface area contributed by atoms with E-state index in [0.29, 0.717) is 6.07 Å². The van der Waals surface area contributed by atoms with Crippen molar-refractivity contribution in [2.75, 3.05) is 0 Å². The largest absolute Gasteiger partial charge is 1.00 e. The van der Waals surface area contributed by atoms with Crippen molar-refractivity contribution >= 4 is 10.0 Å². The molecule has 3 nitrogen and oxygen atoms in total. The Balaban J connectivity index is 0. The van der Waals surface area contributed by atoms with E-state index >= 15 is 0 Å². The average molecular weight is 265 g/mol. The summed E-state index contributed by atoms with van der Waals surface area (Å²) in [4.78, 5) is -0.549. The summed E-state index contributed by atoms with van der Waals surface area (Å²) in [5.41, 5.74) is -1.04. The van der Waals surface area contributed by atoms with Gasteiger partial charge in [-0.1, -0.05) is 6.07 Å². The van der Waals surface area contributed by atoms with Gasteiger partial charge in [0.1, 0.15) is 0 Å². The van der Waals surface area contributed by atoms with Crippen LogP contribution in [-0.2, 0) is 16.2 Å². The van der Waals surface area contributed by atoms with E-state index in [0.717, 1.165) is 18.2 Å². The van der Waals surface area contributed by atoms with Gasteiger partial charge in [-0.2, -0.15) is 13.2 Å². The van der Waals surface area contributed by atoms with Gasteiger partial charge in [-0.15, -0.1) is 0 Å². The van der Waals surface area contributed by atoms with E-state index in [1.54, 1.807) is 0 Å². The maximum atomic E-state index is 12.1. The van der Waals surface area contributed by atoms with Crippen LogP contribution in [0.25, 0.3) is 0 Å². The molecule has 0 aliphatic heterocycles. The van der Waals surface area contributed by atoms with Crippen LogP contribution in [0.4, 0.5) is 13.2 Å². The van der Waals surface area contributed by atoms with Crippen molar-refractivity contribution in [3.05, 3.63) is 29.8 Å². The fourth-order valence-electron chi connectivity index (χ4n) is 0.849. The van der Waals surface area contributed by atoms with E-state index in [9.17, 15) is 21.6 Å². The third-order valence-corrected chi connectivity index (χ3v) is 2.40. The molecular formula is C7H7F3KNO2S. The number of hydrogen-bond donors (Lipinski definition) is 1. The molecule has 80 valence electrons. The smallest absolute Gasteiger partial charge is 1.00 e. The number of halogens is 3. The Morgan fingerprint density at radius 2 is 1.80 bits per heavy atom. The number of rotatable bonds is 1. The van der Waals surface area contributed by atoms with E-state index in [1.165, 1.54) is 0 Å². The van der Waals surface area contributed by atoms with Crippen molar-refractivity contribution in [3.8, 4) is 0 Å². The van der Waals surface area contributed by atoms with Gasteiger partial charge in [0, 0.05) is 0 Å². The molecule has 0 heterocycles. The van der Waals surface area contributed by atoms with Gasteiger partial charge < -0.3 is 1.43 Å². The maximum absolute atomic E-state index is 12.1. The Morgan fingerprint density at radius 1 is 1.27 bits per heavy atom. The van der Waals surface area contributed by atoms with Gasteiger partial charge in [-0.3, -0.25) is 0 Å². The molecular weight excluding hydrogens is 258 g/mol. The third kappa shape index (κ3) is 4.51. The molecule has 1 aromatic carbocycles. The van der Waals surface area contributed by atoms with Gasteiger partial charge in [-0.25, -0.2) is 13.6 Å². The molecule has 0 aliphatic rings. The van der Waals surface area contributed by atoms with Gasteiger partial charge >= 0.3 is 57.6 Å². The molecule has 2 N–H and O–H groups in total. The Morgan fingerprint density at radius 3 is 2.20 bits per heavy atom. The number of nitrogens with two attached hydrogens (primary N) is 1. The SMILES string of the molecule is NS(=O)(=O)c1cccc(C(F)(F)F)c1.[H-].[K+]. The fraction of sp³-hybridized carbons (Fsp3) is 0.143. The summed E-state index contributed by atoms with van der Waals surface area (Å²) < 4.78 is 57.8. The number of primary sulfonamides is 1. The Labute approximate surface area is 129 Å². The summed E-state index contributed by atoms with van der Waals surface area (Å²) in [5, 5.41) is 4.67. The summed E-state index contributed by atoms with van der Waals surface area (Å²) in [6.07, 6.45) is -4.57. The first-order valence-electron chi connectivity index (χ1n) is 3.41. The van der Waals surface area contributed by atoms with Gasteiger partial charge in [0.25, 0.3) is 0 Å². The first-order chi connectivity index (χ1) is 6.21. The second kappa shape index (κ2) is 5.26. The third-order valence-electron chi connectivity index (χ3n) is 1.49. The van der Waals surface area contributed by atoms with Crippen molar-refractivity contribution in [2.24, 2.45) is 5.14 Å². The molecule has 0 spiro atoms. The van der Waals surface area contributed by atoms with Crippen LogP contribution >= 0.6 is 0 Å². The van der Waals surface area contributed by atoms with Crippen molar-refractivity contribution in [1.29, 1.82) is 0 Å². The van der Waals surface area contributed by atoms with Crippen LogP contribution in [0.2, 0.25) is 0 Å². The summed E-state index contributed by atoms with van der Waals surface area (Å²) in [7, 11) is -4.09. The first-order valence-corrected chi connectivity index (χ1v) is 4.96. The fourth-order valence-corrected chi connectivity index (χ4v) is 1.41. The molecule has 1 aromatic rings. The molecule has 8 heteroatoms. The molecule has 0 aliphatic carbocycles. The normalized spacial score (nSPS) is 12.0. The molecule has 1 rings (SSSR count). The van der Waals surface area contributed by atoms with Crippen LogP contribution in [0.15, 0.2) is 29.2 Å². The van der Waals surface area contributed by atoms with E-state index in [4.69, 9.17) is 0 Å². The zero-order valence-electron chi connectivity index (χ0n) is 8.75. The Hall–Kier alpha value is 0.556. The molecule has 0 unspecified atom stereocenters. The summed E-state index contributed by atoms with van der Waals surface area (Å²) in [5.74, 6) is 0. The summed E-state index contributed by atoms with van der Waals surface area (Å²) >= 11 is 0. The van der Waals surface area contributed by atoms with Crippen LogP contribution in [0, 0.1) is 0 Å². The number of alkyl halides is 3. The van der Waals surface area contributed by atoms with Gasteiger partial charge in [-0.05, 0) is 18.2 Å². The minimum absolute atomic E-state index is 0. The van der Waals surface area contributed by atoms with E-state index in [-0.39, 0.29) is 52.8 Å². The predicted octanol–water partition coefficient (Wildman–Crippen LogP) is -1.53. The van der Waals surface area contributed by atoms with Crippen LogP contribution in [0.5, 0.6) is 0 Å². The van der Waals surface area contributed by atoms with E-state index in [1.807, 2.05) is 0 Å². The van der Waals surface area contributed by atoms with Gasteiger partial charge in [0.15, 0.2) is 0 Å². The molecule has 0 atom stereocenters.